The molecule has 0 atom stereocenters. The molecule has 1 aliphatic heterocycles. The number of piperidine rings is 1. The SMILES string of the molecule is CC(=O)Nc1cccc(-c2cc(C(=O)N3CCCCC3)cs2)c1. The summed E-state index contributed by atoms with van der Waals surface area (Å²) in [5.41, 5.74) is 2.54. The van der Waals surface area contributed by atoms with Gasteiger partial charge in [-0.2, -0.15) is 0 Å². The highest BCUT2D eigenvalue weighted by Crippen LogP contribution is 2.30. The summed E-state index contributed by atoms with van der Waals surface area (Å²) in [7, 11) is 0. The van der Waals surface area contributed by atoms with E-state index in [0.29, 0.717) is 0 Å². The van der Waals surface area contributed by atoms with Gasteiger partial charge < -0.3 is 10.2 Å². The number of hydrogen-bond acceptors (Lipinski definition) is 3. The van der Waals surface area contributed by atoms with Crippen LogP contribution in [0.15, 0.2) is 35.7 Å². The Morgan fingerprint density at radius 1 is 1.13 bits per heavy atom. The first-order valence-electron chi connectivity index (χ1n) is 7.89. The molecule has 2 heterocycles. The summed E-state index contributed by atoms with van der Waals surface area (Å²) in [6.45, 7) is 3.22. The van der Waals surface area contributed by atoms with Gasteiger partial charge in [-0.05, 0) is 43.0 Å². The second-order valence-corrected chi connectivity index (χ2v) is 6.73. The van der Waals surface area contributed by atoms with Crippen molar-refractivity contribution in [2.45, 2.75) is 26.2 Å². The molecule has 5 heteroatoms. The van der Waals surface area contributed by atoms with Crippen molar-refractivity contribution in [2.75, 3.05) is 18.4 Å². The fourth-order valence-corrected chi connectivity index (χ4v) is 3.71. The van der Waals surface area contributed by atoms with E-state index in [1.807, 2.05) is 40.6 Å². The van der Waals surface area contributed by atoms with E-state index >= 15 is 0 Å². The molecule has 0 unspecified atom stereocenters. The molecule has 1 aromatic heterocycles. The van der Waals surface area contributed by atoms with E-state index in [9.17, 15) is 9.59 Å². The Kier molecular flexibility index (Phi) is 4.76. The van der Waals surface area contributed by atoms with Crippen LogP contribution in [-0.2, 0) is 4.79 Å². The summed E-state index contributed by atoms with van der Waals surface area (Å²) >= 11 is 1.56. The van der Waals surface area contributed by atoms with Crippen molar-refractivity contribution >= 4 is 28.8 Å². The second kappa shape index (κ2) is 6.96. The molecular weight excluding hydrogens is 308 g/mol. The molecular formula is C18H20N2O2S. The number of thiophene rings is 1. The number of anilines is 1. The lowest BCUT2D eigenvalue weighted by Gasteiger charge is -2.26. The Balaban J connectivity index is 1.78. The van der Waals surface area contributed by atoms with Gasteiger partial charge >= 0.3 is 0 Å². The molecule has 1 aromatic carbocycles. The number of nitrogens with zero attached hydrogens (tertiary/aromatic N) is 1. The summed E-state index contributed by atoms with van der Waals surface area (Å²) in [6.07, 6.45) is 3.41. The molecule has 0 radical (unpaired) electrons. The zero-order valence-electron chi connectivity index (χ0n) is 13.2. The number of rotatable bonds is 3. The predicted octanol–water partition coefficient (Wildman–Crippen LogP) is 4.00. The van der Waals surface area contributed by atoms with Crippen LogP contribution in [-0.4, -0.2) is 29.8 Å². The summed E-state index contributed by atoms with van der Waals surface area (Å²) in [6, 6.07) is 9.65. The summed E-state index contributed by atoms with van der Waals surface area (Å²) < 4.78 is 0. The molecule has 2 amide bonds. The number of hydrogen-bond donors (Lipinski definition) is 1. The third-order valence-corrected chi connectivity index (χ3v) is 4.94. The van der Waals surface area contributed by atoms with E-state index in [1.54, 1.807) is 11.3 Å². The van der Waals surface area contributed by atoms with Gasteiger partial charge in [-0.15, -0.1) is 11.3 Å². The Morgan fingerprint density at radius 3 is 2.65 bits per heavy atom. The number of nitrogens with one attached hydrogen (secondary N) is 1. The van der Waals surface area contributed by atoms with E-state index in [4.69, 9.17) is 0 Å². The smallest absolute Gasteiger partial charge is 0.254 e. The lowest BCUT2D eigenvalue weighted by Crippen LogP contribution is -2.35. The monoisotopic (exact) mass is 328 g/mol. The highest BCUT2D eigenvalue weighted by atomic mass is 32.1. The van der Waals surface area contributed by atoms with Crippen molar-refractivity contribution in [2.24, 2.45) is 0 Å². The van der Waals surface area contributed by atoms with Gasteiger partial charge in [0.25, 0.3) is 5.91 Å². The second-order valence-electron chi connectivity index (χ2n) is 5.81. The van der Waals surface area contributed by atoms with Gasteiger partial charge in [-0.25, -0.2) is 0 Å². The van der Waals surface area contributed by atoms with E-state index in [0.717, 1.165) is 47.6 Å². The molecule has 1 saturated heterocycles. The van der Waals surface area contributed by atoms with Gasteiger partial charge in [0, 0.05) is 36.0 Å². The van der Waals surface area contributed by atoms with Crippen molar-refractivity contribution in [3.63, 3.8) is 0 Å². The molecule has 4 nitrogen and oxygen atoms in total. The molecule has 2 aromatic rings. The minimum atomic E-state index is -0.0886. The van der Waals surface area contributed by atoms with Crippen molar-refractivity contribution < 1.29 is 9.59 Å². The van der Waals surface area contributed by atoms with Crippen LogP contribution in [0.1, 0.15) is 36.5 Å². The van der Waals surface area contributed by atoms with Gasteiger partial charge in [0.1, 0.15) is 0 Å². The normalized spacial score (nSPS) is 14.6. The van der Waals surface area contributed by atoms with Crippen molar-refractivity contribution in [1.29, 1.82) is 0 Å². The van der Waals surface area contributed by atoms with Crippen LogP contribution in [0.5, 0.6) is 0 Å². The number of benzene rings is 1. The number of carbonyl (C=O) groups excluding carboxylic acids is 2. The highest BCUT2D eigenvalue weighted by molar-refractivity contribution is 7.13. The molecule has 1 fully saturated rings. The third kappa shape index (κ3) is 3.79. The van der Waals surface area contributed by atoms with Crippen LogP contribution in [0.4, 0.5) is 5.69 Å². The van der Waals surface area contributed by atoms with E-state index in [1.165, 1.54) is 13.3 Å². The molecule has 1 N–H and O–H groups in total. The van der Waals surface area contributed by atoms with Crippen LogP contribution < -0.4 is 5.32 Å². The lowest BCUT2D eigenvalue weighted by atomic mass is 10.1. The van der Waals surface area contributed by atoms with Gasteiger partial charge in [0.05, 0.1) is 5.56 Å². The van der Waals surface area contributed by atoms with Crippen LogP contribution >= 0.6 is 11.3 Å². The third-order valence-electron chi connectivity index (χ3n) is 3.96. The summed E-state index contributed by atoms with van der Waals surface area (Å²) in [5.74, 6) is 0.0412. The molecule has 23 heavy (non-hydrogen) atoms. The average Bonchev–Trinajstić information content (AvgIpc) is 3.04. The van der Waals surface area contributed by atoms with E-state index in [-0.39, 0.29) is 11.8 Å². The number of carbonyl (C=O) groups is 2. The fraction of sp³-hybridized carbons (Fsp3) is 0.333. The Hall–Kier alpha value is -2.14. The van der Waals surface area contributed by atoms with Crippen molar-refractivity contribution in [3.8, 4) is 10.4 Å². The first-order chi connectivity index (χ1) is 11.1. The van der Waals surface area contributed by atoms with E-state index < -0.39 is 0 Å². The summed E-state index contributed by atoms with van der Waals surface area (Å²) in [5, 5.41) is 4.71. The fourth-order valence-electron chi connectivity index (χ4n) is 2.83. The molecule has 1 aliphatic rings. The van der Waals surface area contributed by atoms with Crippen molar-refractivity contribution in [3.05, 3.63) is 41.3 Å². The zero-order chi connectivity index (χ0) is 16.2. The Morgan fingerprint density at radius 2 is 1.91 bits per heavy atom. The standard InChI is InChI=1S/C18H20N2O2S/c1-13(21)19-16-7-5-6-14(10-16)17-11-15(12-23-17)18(22)20-8-3-2-4-9-20/h5-7,10-12H,2-4,8-9H2,1H3,(H,19,21). The van der Waals surface area contributed by atoms with Crippen LogP contribution in [0, 0.1) is 0 Å². The van der Waals surface area contributed by atoms with Crippen LogP contribution in [0.2, 0.25) is 0 Å². The highest BCUT2D eigenvalue weighted by Gasteiger charge is 2.19. The van der Waals surface area contributed by atoms with Crippen LogP contribution in [0.3, 0.4) is 0 Å². The molecule has 0 bridgehead atoms. The molecule has 120 valence electrons. The maximum atomic E-state index is 12.5. The first-order valence-corrected chi connectivity index (χ1v) is 8.77. The van der Waals surface area contributed by atoms with Crippen molar-refractivity contribution in [1.82, 2.24) is 4.90 Å². The molecule has 0 spiro atoms. The van der Waals surface area contributed by atoms with E-state index in [2.05, 4.69) is 5.32 Å². The largest absolute Gasteiger partial charge is 0.339 e. The first kappa shape index (κ1) is 15.7. The summed E-state index contributed by atoms with van der Waals surface area (Å²) in [4.78, 5) is 26.7. The lowest BCUT2D eigenvalue weighted by molar-refractivity contribution is -0.114. The van der Waals surface area contributed by atoms with Gasteiger partial charge in [0.15, 0.2) is 0 Å². The maximum Gasteiger partial charge on any atom is 0.254 e. The van der Waals surface area contributed by atoms with Crippen LogP contribution in [0.25, 0.3) is 10.4 Å². The van der Waals surface area contributed by atoms with Gasteiger partial charge in [0.2, 0.25) is 5.91 Å². The van der Waals surface area contributed by atoms with Gasteiger partial charge in [-0.3, -0.25) is 9.59 Å². The zero-order valence-corrected chi connectivity index (χ0v) is 14.0. The maximum absolute atomic E-state index is 12.5. The molecule has 0 aliphatic carbocycles. The average molecular weight is 328 g/mol. The Labute approximate surface area is 140 Å². The minimum Gasteiger partial charge on any atom is -0.339 e. The Bertz CT molecular complexity index is 717. The molecule has 0 saturated carbocycles. The minimum absolute atomic E-state index is 0.0886. The predicted molar refractivity (Wildman–Crippen MR) is 93.8 cm³/mol. The van der Waals surface area contributed by atoms with Gasteiger partial charge in [-0.1, -0.05) is 12.1 Å². The quantitative estimate of drug-likeness (QED) is 0.926. The topological polar surface area (TPSA) is 49.4 Å². The number of amides is 2. The molecule has 3 rings (SSSR count). The number of likely N-dealkylation sites (tertiary alicyclic amines) is 1.